The molecule has 0 spiro atoms. The highest BCUT2D eigenvalue weighted by atomic mass is 16.5. The highest BCUT2D eigenvalue weighted by Crippen LogP contribution is 2.14. The van der Waals surface area contributed by atoms with Gasteiger partial charge in [-0.2, -0.15) is 0 Å². The van der Waals surface area contributed by atoms with Crippen molar-refractivity contribution in [3.8, 4) is 0 Å². The molecular formula is C13H30N2O. The minimum absolute atomic E-state index is 0.443. The molecule has 0 aliphatic heterocycles. The normalized spacial score (nSPS) is 17.4. The van der Waals surface area contributed by atoms with Gasteiger partial charge in [-0.25, -0.2) is 0 Å². The van der Waals surface area contributed by atoms with E-state index < -0.39 is 0 Å². The van der Waals surface area contributed by atoms with Crippen LogP contribution in [-0.2, 0) is 4.74 Å². The second kappa shape index (κ2) is 8.97. The summed E-state index contributed by atoms with van der Waals surface area (Å²) < 4.78 is 5.23. The van der Waals surface area contributed by atoms with Crippen LogP contribution in [0.25, 0.3) is 0 Å². The SMILES string of the molecule is CCC(C)CN(CC)C(CN)C(C)COC. The Morgan fingerprint density at radius 3 is 2.25 bits per heavy atom. The third-order valence-electron chi connectivity index (χ3n) is 3.45. The van der Waals surface area contributed by atoms with Crippen molar-refractivity contribution in [1.29, 1.82) is 0 Å². The number of hydrogen-bond donors (Lipinski definition) is 1. The molecule has 3 atom stereocenters. The summed E-state index contributed by atoms with van der Waals surface area (Å²) in [4.78, 5) is 2.50. The Balaban J connectivity index is 4.36. The third-order valence-corrected chi connectivity index (χ3v) is 3.45. The number of methoxy groups -OCH3 is 1. The van der Waals surface area contributed by atoms with E-state index in [2.05, 4.69) is 32.6 Å². The van der Waals surface area contributed by atoms with Crippen molar-refractivity contribution in [3.63, 3.8) is 0 Å². The summed E-state index contributed by atoms with van der Waals surface area (Å²) in [5.74, 6) is 1.24. The molecule has 3 nitrogen and oxygen atoms in total. The van der Waals surface area contributed by atoms with Gasteiger partial charge in [0, 0.05) is 26.2 Å². The fraction of sp³-hybridized carbons (Fsp3) is 1.00. The van der Waals surface area contributed by atoms with Crippen molar-refractivity contribution in [2.75, 3.05) is 33.4 Å². The standard InChI is InChI=1S/C13H30N2O/c1-6-11(3)9-15(7-2)13(8-14)12(4)10-16-5/h11-13H,6-10,14H2,1-5H3. The summed E-state index contributed by atoms with van der Waals surface area (Å²) in [5, 5.41) is 0. The van der Waals surface area contributed by atoms with Gasteiger partial charge in [-0.15, -0.1) is 0 Å². The average molecular weight is 230 g/mol. The molecule has 16 heavy (non-hydrogen) atoms. The molecule has 98 valence electrons. The molecule has 0 bridgehead atoms. The van der Waals surface area contributed by atoms with Gasteiger partial charge >= 0.3 is 0 Å². The molecule has 0 aliphatic carbocycles. The molecule has 3 heteroatoms. The van der Waals surface area contributed by atoms with Crippen LogP contribution >= 0.6 is 0 Å². The Bertz CT molecular complexity index is 164. The molecule has 0 saturated carbocycles. The molecule has 0 heterocycles. The zero-order valence-corrected chi connectivity index (χ0v) is 11.7. The van der Waals surface area contributed by atoms with Crippen LogP contribution in [0.3, 0.4) is 0 Å². The molecule has 0 aliphatic rings. The topological polar surface area (TPSA) is 38.5 Å². The summed E-state index contributed by atoms with van der Waals surface area (Å²) in [5.41, 5.74) is 5.90. The van der Waals surface area contributed by atoms with Crippen molar-refractivity contribution >= 4 is 0 Å². The summed E-state index contributed by atoms with van der Waals surface area (Å²) in [6.45, 7) is 12.7. The van der Waals surface area contributed by atoms with Gasteiger partial charge in [0.2, 0.25) is 0 Å². The van der Waals surface area contributed by atoms with E-state index in [-0.39, 0.29) is 0 Å². The first-order valence-corrected chi connectivity index (χ1v) is 6.53. The zero-order chi connectivity index (χ0) is 12.6. The number of ether oxygens (including phenoxy) is 1. The van der Waals surface area contributed by atoms with Crippen LogP contribution in [0.1, 0.15) is 34.1 Å². The average Bonchev–Trinajstić information content (AvgIpc) is 2.28. The van der Waals surface area contributed by atoms with Crippen LogP contribution < -0.4 is 5.73 Å². The van der Waals surface area contributed by atoms with Crippen molar-refractivity contribution in [2.24, 2.45) is 17.6 Å². The summed E-state index contributed by atoms with van der Waals surface area (Å²) in [7, 11) is 1.76. The maximum atomic E-state index is 5.90. The van der Waals surface area contributed by atoms with Crippen LogP contribution in [0.4, 0.5) is 0 Å². The number of hydrogen-bond acceptors (Lipinski definition) is 3. The van der Waals surface area contributed by atoms with Crippen LogP contribution in [0.5, 0.6) is 0 Å². The van der Waals surface area contributed by atoms with Gasteiger partial charge in [-0.3, -0.25) is 4.90 Å². The van der Waals surface area contributed by atoms with Gasteiger partial charge in [0.05, 0.1) is 6.61 Å². The van der Waals surface area contributed by atoms with E-state index in [1.165, 1.54) is 6.42 Å². The van der Waals surface area contributed by atoms with Gasteiger partial charge in [0.1, 0.15) is 0 Å². The van der Waals surface area contributed by atoms with Crippen LogP contribution in [0.2, 0.25) is 0 Å². The molecule has 0 saturated heterocycles. The summed E-state index contributed by atoms with van der Waals surface area (Å²) in [6.07, 6.45) is 1.23. The summed E-state index contributed by atoms with van der Waals surface area (Å²) >= 11 is 0. The van der Waals surface area contributed by atoms with Crippen LogP contribution in [-0.4, -0.2) is 44.3 Å². The van der Waals surface area contributed by atoms with Gasteiger partial charge in [0.25, 0.3) is 0 Å². The Morgan fingerprint density at radius 2 is 1.88 bits per heavy atom. The molecule has 0 rings (SSSR count). The van der Waals surface area contributed by atoms with E-state index in [0.29, 0.717) is 12.0 Å². The first kappa shape index (κ1) is 15.9. The quantitative estimate of drug-likeness (QED) is 0.658. The molecule has 0 amide bonds. The minimum atomic E-state index is 0.443. The van der Waals surface area contributed by atoms with Gasteiger partial charge in [-0.05, 0) is 18.4 Å². The first-order chi connectivity index (χ1) is 7.60. The summed E-state index contributed by atoms with van der Waals surface area (Å²) in [6, 6.07) is 0.443. The fourth-order valence-electron chi connectivity index (χ4n) is 2.14. The predicted molar refractivity (Wildman–Crippen MR) is 70.6 cm³/mol. The van der Waals surface area contributed by atoms with Crippen LogP contribution in [0, 0.1) is 11.8 Å². The number of nitrogens with zero attached hydrogens (tertiary/aromatic N) is 1. The molecule has 2 N–H and O–H groups in total. The molecule has 0 aromatic carbocycles. The first-order valence-electron chi connectivity index (χ1n) is 6.53. The molecule has 0 radical (unpaired) electrons. The van der Waals surface area contributed by atoms with E-state index in [1.54, 1.807) is 7.11 Å². The van der Waals surface area contributed by atoms with E-state index in [9.17, 15) is 0 Å². The highest BCUT2D eigenvalue weighted by Gasteiger charge is 2.22. The zero-order valence-electron chi connectivity index (χ0n) is 11.7. The monoisotopic (exact) mass is 230 g/mol. The van der Waals surface area contributed by atoms with Crippen molar-refractivity contribution in [1.82, 2.24) is 4.90 Å². The Kier molecular flexibility index (Phi) is 8.90. The lowest BCUT2D eigenvalue weighted by Crippen LogP contribution is -2.47. The fourth-order valence-corrected chi connectivity index (χ4v) is 2.14. The molecule has 0 fully saturated rings. The Labute approximate surface area is 101 Å². The van der Waals surface area contributed by atoms with E-state index in [1.807, 2.05) is 0 Å². The van der Waals surface area contributed by atoms with Gasteiger partial charge in [0.15, 0.2) is 0 Å². The van der Waals surface area contributed by atoms with Crippen molar-refractivity contribution in [3.05, 3.63) is 0 Å². The number of likely N-dealkylation sites (N-methyl/N-ethyl adjacent to an activating group) is 1. The van der Waals surface area contributed by atoms with E-state index >= 15 is 0 Å². The maximum Gasteiger partial charge on any atom is 0.0503 e. The lowest BCUT2D eigenvalue weighted by molar-refractivity contribution is 0.0795. The molecule has 3 unspecified atom stereocenters. The lowest BCUT2D eigenvalue weighted by atomic mass is 9.99. The van der Waals surface area contributed by atoms with Crippen molar-refractivity contribution < 1.29 is 4.74 Å². The largest absolute Gasteiger partial charge is 0.384 e. The number of nitrogens with two attached hydrogens (primary N) is 1. The lowest BCUT2D eigenvalue weighted by Gasteiger charge is -2.35. The Hall–Kier alpha value is -0.120. The molecule has 0 aromatic heterocycles. The van der Waals surface area contributed by atoms with Gasteiger partial charge < -0.3 is 10.5 Å². The Morgan fingerprint density at radius 1 is 1.25 bits per heavy atom. The minimum Gasteiger partial charge on any atom is -0.384 e. The second-order valence-corrected chi connectivity index (χ2v) is 4.84. The highest BCUT2D eigenvalue weighted by molar-refractivity contribution is 4.78. The van der Waals surface area contributed by atoms with Gasteiger partial charge in [-0.1, -0.05) is 34.1 Å². The third kappa shape index (κ3) is 5.28. The maximum absolute atomic E-state index is 5.90. The molecular weight excluding hydrogens is 200 g/mol. The second-order valence-electron chi connectivity index (χ2n) is 4.84. The van der Waals surface area contributed by atoms with Crippen LogP contribution in [0.15, 0.2) is 0 Å². The number of rotatable bonds is 9. The predicted octanol–water partition coefficient (Wildman–Crippen LogP) is 1.96. The van der Waals surface area contributed by atoms with Crippen molar-refractivity contribution in [2.45, 2.75) is 40.2 Å². The molecule has 0 aromatic rings. The van der Waals surface area contributed by atoms with E-state index in [4.69, 9.17) is 10.5 Å². The van der Waals surface area contributed by atoms with E-state index in [0.717, 1.165) is 32.2 Å². The smallest absolute Gasteiger partial charge is 0.0503 e.